The van der Waals surface area contributed by atoms with Gasteiger partial charge in [0.05, 0.1) is 6.54 Å². The third-order valence-corrected chi connectivity index (χ3v) is 4.12. The standard InChI is InChI=1S/C15H31N3O/c1-4-9-17(10-5-2)15(19)12-18-13(3)7-6-8-14(18)11-16/h13-14H,4-12,16H2,1-3H3. The van der Waals surface area contributed by atoms with Crippen LogP contribution >= 0.6 is 0 Å². The van der Waals surface area contributed by atoms with Gasteiger partial charge in [-0.1, -0.05) is 20.3 Å². The lowest BCUT2D eigenvalue weighted by Gasteiger charge is -2.40. The van der Waals surface area contributed by atoms with E-state index in [1.165, 1.54) is 12.8 Å². The average Bonchev–Trinajstić information content (AvgIpc) is 2.40. The van der Waals surface area contributed by atoms with E-state index in [2.05, 4.69) is 25.7 Å². The molecule has 0 bridgehead atoms. The molecule has 0 aromatic heterocycles. The van der Waals surface area contributed by atoms with Crippen molar-refractivity contribution in [1.29, 1.82) is 0 Å². The second kappa shape index (κ2) is 8.54. The van der Waals surface area contributed by atoms with Crippen LogP contribution in [0, 0.1) is 0 Å². The Kier molecular flexibility index (Phi) is 7.39. The highest BCUT2D eigenvalue weighted by atomic mass is 16.2. The number of carbonyl (C=O) groups excluding carboxylic acids is 1. The number of hydrogen-bond donors (Lipinski definition) is 1. The van der Waals surface area contributed by atoms with Crippen LogP contribution in [0.25, 0.3) is 0 Å². The first-order chi connectivity index (χ1) is 9.13. The second-order valence-electron chi connectivity index (χ2n) is 5.72. The van der Waals surface area contributed by atoms with Crippen molar-refractivity contribution in [2.75, 3.05) is 26.2 Å². The van der Waals surface area contributed by atoms with Gasteiger partial charge in [0, 0.05) is 31.7 Å². The molecule has 4 heteroatoms. The van der Waals surface area contributed by atoms with E-state index >= 15 is 0 Å². The maximum atomic E-state index is 12.4. The molecule has 0 aromatic carbocycles. The number of hydrogen-bond acceptors (Lipinski definition) is 3. The number of piperidine rings is 1. The first-order valence-electron chi connectivity index (χ1n) is 7.87. The summed E-state index contributed by atoms with van der Waals surface area (Å²) in [6.45, 7) is 9.44. The molecule has 4 nitrogen and oxygen atoms in total. The van der Waals surface area contributed by atoms with Gasteiger partial charge in [-0.15, -0.1) is 0 Å². The minimum absolute atomic E-state index is 0.274. The average molecular weight is 269 g/mol. The number of amides is 1. The molecule has 1 rings (SSSR count). The molecule has 112 valence electrons. The Hall–Kier alpha value is -0.610. The van der Waals surface area contributed by atoms with Gasteiger partial charge in [-0.3, -0.25) is 9.69 Å². The summed E-state index contributed by atoms with van der Waals surface area (Å²) in [7, 11) is 0. The molecule has 0 radical (unpaired) electrons. The van der Waals surface area contributed by atoms with Crippen LogP contribution in [0.1, 0.15) is 52.9 Å². The summed E-state index contributed by atoms with van der Waals surface area (Å²) in [6.07, 6.45) is 5.62. The summed E-state index contributed by atoms with van der Waals surface area (Å²) >= 11 is 0. The van der Waals surface area contributed by atoms with Crippen LogP contribution in [0.3, 0.4) is 0 Å². The van der Waals surface area contributed by atoms with Gasteiger partial charge in [0.25, 0.3) is 0 Å². The molecule has 0 spiro atoms. The Bertz CT molecular complexity index is 264. The van der Waals surface area contributed by atoms with Gasteiger partial charge in [0.2, 0.25) is 5.91 Å². The zero-order valence-electron chi connectivity index (χ0n) is 12.9. The van der Waals surface area contributed by atoms with Gasteiger partial charge in [-0.05, 0) is 32.6 Å². The van der Waals surface area contributed by atoms with E-state index in [9.17, 15) is 4.79 Å². The van der Waals surface area contributed by atoms with Gasteiger partial charge in [0.15, 0.2) is 0 Å². The minimum atomic E-state index is 0.274. The van der Waals surface area contributed by atoms with Gasteiger partial charge in [-0.25, -0.2) is 0 Å². The molecule has 1 saturated heterocycles. The van der Waals surface area contributed by atoms with E-state index < -0.39 is 0 Å². The van der Waals surface area contributed by atoms with Crippen molar-refractivity contribution in [1.82, 2.24) is 9.80 Å². The Labute approximate surface area is 118 Å². The quantitative estimate of drug-likeness (QED) is 0.767. The van der Waals surface area contributed by atoms with Crippen LogP contribution in [0.5, 0.6) is 0 Å². The number of nitrogens with two attached hydrogens (primary N) is 1. The fraction of sp³-hybridized carbons (Fsp3) is 0.933. The lowest BCUT2D eigenvalue weighted by atomic mass is 9.96. The van der Waals surface area contributed by atoms with Crippen LogP contribution in [0.15, 0.2) is 0 Å². The molecule has 1 aliphatic heterocycles. The van der Waals surface area contributed by atoms with Crippen LogP contribution in [0.2, 0.25) is 0 Å². The normalized spacial score (nSPS) is 24.4. The Morgan fingerprint density at radius 1 is 1.26 bits per heavy atom. The van der Waals surface area contributed by atoms with E-state index in [-0.39, 0.29) is 5.91 Å². The first kappa shape index (κ1) is 16.4. The molecular formula is C15H31N3O. The smallest absolute Gasteiger partial charge is 0.236 e. The Morgan fingerprint density at radius 3 is 2.42 bits per heavy atom. The molecule has 1 amide bonds. The van der Waals surface area contributed by atoms with Crippen molar-refractivity contribution >= 4 is 5.91 Å². The number of rotatable bonds is 7. The van der Waals surface area contributed by atoms with Crippen LogP contribution in [0.4, 0.5) is 0 Å². The Morgan fingerprint density at radius 2 is 1.89 bits per heavy atom. The van der Waals surface area contributed by atoms with E-state index in [1.807, 2.05) is 4.90 Å². The molecule has 2 atom stereocenters. The topological polar surface area (TPSA) is 49.6 Å². The minimum Gasteiger partial charge on any atom is -0.342 e. The Balaban J connectivity index is 2.60. The van der Waals surface area contributed by atoms with E-state index in [4.69, 9.17) is 5.73 Å². The largest absolute Gasteiger partial charge is 0.342 e. The summed E-state index contributed by atoms with van der Waals surface area (Å²) in [5.41, 5.74) is 5.86. The predicted molar refractivity (Wildman–Crippen MR) is 80.0 cm³/mol. The fourth-order valence-corrected chi connectivity index (χ4v) is 3.04. The number of nitrogens with zero attached hydrogens (tertiary/aromatic N) is 2. The van der Waals surface area contributed by atoms with Crippen molar-refractivity contribution in [2.24, 2.45) is 5.73 Å². The van der Waals surface area contributed by atoms with Crippen molar-refractivity contribution in [3.8, 4) is 0 Å². The molecule has 1 heterocycles. The number of likely N-dealkylation sites (tertiary alicyclic amines) is 1. The van der Waals surface area contributed by atoms with E-state index in [0.29, 0.717) is 25.2 Å². The highest BCUT2D eigenvalue weighted by molar-refractivity contribution is 5.78. The summed E-state index contributed by atoms with van der Waals surface area (Å²) in [4.78, 5) is 16.8. The van der Waals surface area contributed by atoms with Crippen molar-refractivity contribution in [3.05, 3.63) is 0 Å². The predicted octanol–water partition coefficient (Wildman–Crippen LogP) is 1.84. The summed E-state index contributed by atoms with van der Waals surface area (Å²) in [6, 6.07) is 0.870. The highest BCUT2D eigenvalue weighted by Crippen LogP contribution is 2.22. The third-order valence-electron chi connectivity index (χ3n) is 4.12. The second-order valence-corrected chi connectivity index (χ2v) is 5.72. The number of carbonyl (C=O) groups is 1. The van der Waals surface area contributed by atoms with Gasteiger partial charge >= 0.3 is 0 Å². The summed E-state index contributed by atoms with van der Waals surface area (Å²) in [5.74, 6) is 0.274. The van der Waals surface area contributed by atoms with Crippen LogP contribution < -0.4 is 5.73 Å². The van der Waals surface area contributed by atoms with Crippen molar-refractivity contribution in [3.63, 3.8) is 0 Å². The third kappa shape index (κ3) is 4.77. The molecule has 1 fully saturated rings. The zero-order chi connectivity index (χ0) is 14.3. The molecule has 0 aromatic rings. The van der Waals surface area contributed by atoms with E-state index in [0.717, 1.165) is 32.4 Å². The van der Waals surface area contributed by atoms with Crippen LogP contribution in [-0.4, -0.2) is 54.0 Å². The van der Waals surface area contributed by atoms with Crippen LogP contribution in [-0.2, 0) is 4.79 Å². The monoisotopic (exact) mass is 269 g/mol. The van der Waals surface area contributed by atoms with Gasteiger partial charge < -0.3 is 10.6 Å². The SMILES string of the molecule is CCCN(CCC)C(=O)CN1C(C)CCCC1CN. The maximum absolute atomic E-state index is 12.4. The van der Waals surface area contributed by atoms with E-state index in [1.54, 1.807) is 0 Å². The van der Waals surface area contributed by atoms with Crippen molar-refractivity contribution < 1.29 is 4.79 Å². The maximum Gasteiger partial charge on any atom is 0.236 e. The molecule has 1 aliphatic rings. The van der Waals surface area contributed by atoms with Gasteiger partial charge in [-0.2, -0.15) is 0 Å². The molecule has 2 N–H and O–H groups in total. The molecular weight excluding hydrogens is 238 g/mol. The van der Waals surface area contributed by atoms with Crippen molar-refractivity contribution in [2.45, 2.75) is 65.0 Å². The molecule has 0 saturated carbocycles. The summed E-state index contributed by atoms with van der Waals surface area (Å²) < 4.78 is 0. The summed E-state index contributed by atoms with van der Waals surface area (Å²) in [5, 5.41) is 0. The molecule has 0 aliphatic carbocycles. The fourth-order valence-electron chi connectivity index (χ4n) is 3.04. The molecule has 2 unspecified atom stereocenters. The highest BCUT2D eigenvalue weighted by Gasteiger charge is 2.29. The lowest BCUT2D eigenvalue weighted by molar-refractivity contribution is -0.134. The zero-order valence-corrected chi connectivity index (χ0v) is 12.9. The lowest BCUT2D eigenvalue weighted by Crippen LogP contribution is -2.53. The van der Waals surface area contributed by atoms with Gasteiger partial charge in [0.1, 0.15) is 0 Å². The first-order valence-corrected chi connectivity index (χ1v) is 7.87. The molecule has 19 heavy (non-hydrogen) atoms.